The van der Waals surface area contributed by atoms with E-state index in [0.717, 1.165) is 17.2 Å². The first-order chi connectivity index (χ1) is 22.2. The lowest BCUT2D eigenvalue weighted by Crippen LogP contribution is -2.31. The summed E-state index contributed by atoms with van der Waals surface area (Å²) in [6.07, 6.45) is -8.58. The van der Waals surface area contributed by atoms with Gasteiger partial charge in [-0.25, -0.2) is 27.1 Å². The van der Waals surface area contributed by atoms with Gasteiger partial charge in [-0.15, -0.1) is 0 Å². The molecule has 0 fully saturated rings. The van der Waals surface area contributed by atoms with Crippen LogP contribution in [0, 0.1) is 12.7 Å². The Labute approximate surface area is 262 Å². The SMILES string of the molecule is Cc1c(C(=O)NCCC(F)C(F)F)ccc2c1CC[C@@H]2NC(=O)c1cc(C(=O)NCc2ccc(F)c(C(F)(F)F)c2)nc2ccnn12. The lowest BCUT2D eigenvalue weighted by atomic mass is 9.97. The highest BCUT2D eigenvalue weighted by Gasteiger charge is 2.34. The van der Waals surface area contributed by atoms with E-state index in [2.05, 4.69) is 26.0 Å². The van der Waals surface area contributed by atoms with Crippen molar-refractivity contribution in [3.05, 3.63) is 99.2 Å². The Morgan fingerprint density at radius 3 is 2.49 bits per heavy atom. The Morgan fingerprint density at radius 2 is 1.77 bits per heavy atom. The van der Waals surface area contributed by atoms with Crippen molar-refractivity contribution in [3.63, 3.8) is 0 Å². The molecule has 0 saturated heterocycles. The first kappa shape index (κ1) is 33.3. The zero-order valence-electron chi connectivity index (χ0n) is 24.6. The molecule has 5 rings (SSSR count). The Bertz CT molecular complexity index is 1840. The predicted molar refractivity (Wildman–Crippen MR) is 153 cm³/mol. The summed E-state index contributed by atoms with van der Waals surface area (Å²) in [4.78, 5) is 43.3. The van der Waals surface area contributed by atoms with Crippen LogP contribution in [0.5, 0.6) is 0 Å². The van der Waals surface area contributed by atoms with E-state index in [1.165, 1.54) is 28.9 Å². The summed E-state index contributed by atoms with van der Waals surface area (Å²) in [6, 6.07) is 7.70. The number of aromatic nitrogens is 3. The number of hydrogen-bond acceptors (Lipinski definition) is 5. The van der Waals surface area contributed by atoms with E-state index in [0.29, 0.717) is 36.1 Å². The maximum atomic E-state index is 13.6. The van der Waals surface area contributed by atoms with Gasteiger partial charge >= 0.3 is 6.18 Å². The van der Waals surface area contributed by atoms with Crippen LogP contribution in [0.2, 0.25) is 0 Å². The highest BCUT2D eigenvalue weighted by atomic mass is 19.4. The average molecular weight is 665 g/mol. The number of nitrogens with zero attached hydrogens (tertiary/aromatic N) is 3. The summed E-state index contributed by atoms with van der Waals surface area (Å²) in [5.74, 6) is -3.40. The molecule has 3 N–H and O–H groups in total. The number of halogens is 7. The van der Waals surface area contributed by atoms with Gasteiger partial charge in [-0.2, -0.15) is 18.3 Å². The van der Waals surface area contributed by atoms with E-state index < -0.39 is 60.3 Å². The number of hydrogen-bond donors (Lipinski definition) is 3. The van der Waals surface area contributed by atoms with Gasteiger partial charge in [-0.05, 0) is 60.2 Å². The Morgan fingerprint density at radius 1 is 1.00 bits per heavy atom. The fraction of sp³-hybridized carbons (Fsp3) is 0.323. The largest absolute Gasteiger partial charge is 0.419 e. The van der Waals surface area contributed by atoms with Crippen LogP contribution >= 0.6 is 0 Å². The van der Waals surface area contributed by atoms with Crippen molar-refractivity contribution in [3.8, 4) is 0 Å². The van der Waals surface area contributed by atoms with Crippen molar-refractivity contribution >= 4 is 23.4 Å². The maximum Gasteiger partial charge on any atom is 0.419 e. The fourth-order valence-corrected chi connectivity index (χ4v) is 5.42. The molecular weight excluding hydrogens is 637 g/mol. The summed E-state index contributed by atoms with van der Waals surface area (Å²) in [6.45, 7) is 1.07. The third-order valence-electron chi connectivity index (χ3n) is 7.84. The molecule has 16 heteroatoms. The molecule has 0 saturated carbocycles. The van der Waals surface area contributed by atoms with E-state index in [-0.39, 0.29) is 35.7 Å². The van der Waals surface area contributed by atoms with Crippen LogP contribution in [-0.4, -0.2) is 51.5 Å². The molecule has 0 bridgehead atoms. The third-order valence-corrected chi connectivity index (χ3v) is 7.84. The van der Waals surface area contributed by atoms with Gasteiger partial charge in [0.05, 0.1) is 17.8 Å². The number of nitrogens with one attached hydrogen (secondary N) is 3. The van der Waals surface area contributed by atoms with Gasteiger partial charge in [0.2, 0.25) is 0 Å². The Hall–Kier alpha value is -5.02. The molecule has 248 valence electrons. The number of carbonyl (C=O) groups excluding carboxylic acids is 3. The van der Waals surface area contributed by atoms with Gasteiger partial charge in [-0.1, -0.05) is 12.1 Å². The van der Waals surface area contributed by atoms with Gasteiger partial charge < -0.3 is 16.0 Å². The smallest absolute Gasteiger partial charge is 0.352 e. The van der Waals surface area contributed by atoms with Crippen molar-refractivity contribution in [2.75, 3.05) is 6.54 Å². The fourth-order valence-electron chi connectivity index (χ4n) is 5.42. The summed E-state index contributed by atoms with van der Waals surface area (Å²) in [5, 5.41) is 11.9. The molecule has 2 aromatic heterocycles. The molecule has 2 heterocycles. The second-order valence-electron chi connectivity index (χ2n) is 10.9. The van der Waals surface area contributed by atoms with E-state index in [1.807, 2.05) is 0 Å². The number of fused-ring (bicyclic) bond motifs is 2. The highest BCUT2D eigenvalue weighted by Crippen LogP contribution is 2.35. The van der Waals surface area contributed by atoms with E-state index in [1.54, 1.807) is 13.0 Å². The molecule has 9 nitrogen and oxygen atoms in total. The van der Waals surface area contributed by atoms with Gasteiger partial charge in [0, 0.05) is 37.2 Å². The molecule has 1 aliphatic carbocycles. The van der Waals surface area contributed by atoms with Crippen molar-refractivity contribution in [1.82, 2.24) is 30.5 Å². The standard InChI is InChI=1S/C31H27F7N6O3/c1-15-17-5-7-23(19(17)4-3-18(15)28(45)39-10-8-22(33)27(34)35)43-30(47)25-13-24(42-26-9-11-41-44(25)26)29(46)40-14-16-2-6-21(32)20(12-16)31(36,37)38/h2-4,6,9,11-13,22-23,27H,5,7-8,10,14H2,1H3,(H,39,45)(H,40,46)(H,43,47)/t22?,23-/m0/s1. The number of benzene rings is 2. The summed E-state index contributed by atoms with van der Waals surface area (Å²) in [7, 11) is 0. The van der Waals surface area contributed by atoms with Gasteiger partial charge in [-0.3, -0.25) is 14.4 Å². The van der Waals surface area contributed by atoms with Gasteiger partial charge in [0.1, 0.15) is 17.2 Å². The average Bonchev–Trinajstić information content (AvgIpc) is 3.67. The maximum absolute atomic E-state index is 13.6. The monoisotopic (exact) mass is 664 g/mol. The summed E-state index contributed by atoms with van der Waals surface area (Å²) in [5.41, 5.74) is 0.882. The number of amides is 3. The van der Waals surface area contributed by atoms with E-state index in [4.69, 9.17) is 0 Å². The Kier molecular flexibility index (Phi) is 9.49. The molecule has 1 aliphatic rings. The number of carbonyl (C=O) groups is 3. The van der Waals surface area contributed by atoms with Crippen LogP contribution in [0.4, 0.5) is 30.7 Å². The van der Waals surface area contributed by atoms with Gasteiger partial charge in [0.15, 0.2) is 11.8 Å². The molecular formula is C31H27F7N6O3. The zero-order valence-corrected chi connectivity index (χ0v) is 24.6. The molecule has 1 unspecified atom stereocenters. The van der Waals surface area contributed by atoms with Crippen LogP contribution in [0.3, 0.4) is 0 Å². The second kappa shape index (κ2) is 13.4. The minimum absolute atomic E-state index is 0.00793. The minimum atomic E-state index is -4.92. The normalized spacial score (nSPS) is 15.0. The van der Waals surface area contributed by atoms with Crippen molar-refractivity contribution in [1.29, 1.82) is 0 Å². The first-order valence-electron chi connectivity index (χ1n) is 14.4. The highest BCUT2D eigenvalue weighted by molar-refractivity contribution is 5.99. The molecule has 0 radical (unpaired) electrons. The molecule has 0 spiro atoms. The Balaban J connectivity index is 1.29. The van der Waals surface area contributed by atoms with Crippen LogP contribution in [0.15, 0.2) is 48.7 Å². The number of rotatable bonds is 10. The minimum Gasteiger partial charge on any atom is -0.352 e. The van der Waals surface area contributed by atoms with E-state index >= 15 is 0 Å². The summed E-state index contributed by atoms with van der Waals surface area (Å²) < 4.78 is 92.1. The lowest BCUT2D eigenvalue weighted by molar-refractivity contribution is -0.140. The van der Waals surface area contributed by atoms with Gasteiger partial charge in [0.25, 0.3) is 24.1 Å². The van der Waals surface area contributed by atoms with Crippen LogP contribution < -0.4 is 16.0 Å². The third kappa shape index (κ3) is 7.20. The topological polar surface area (TPSA) is 117 Å². The molecule has 0 aliphatic heterocycles. The molecule has 2 atom stereocenters. The zero-order chi connectivity index (χ0) is 34.0. The molecule has 3 amide bonds. The van der Waals surface area contributed by atoms with Crippen molar-refractivity contribution in [2.45, 2.75) is 57.5 Å². The van der Waals surface area contributed by atoms with E-state index in [9.17, 15) is 45.1 Å². The predicted octanol–water partition coefficient (Wildman–Crippen LogP) is 5.27. The quantitative estimate of drug-likeness (QED) is 0.200. The second-order valence-corrected chi connectivity index (χ2v) is 10.9. The van der Waals surface area contributed by atoms with Crippen LogP contribution in [-0.2, 0) is 19.1 Å². The lowest BCUT2D eigenvalue weighted by Gasteiger charge is -2.17. The first-order valence-corrected chi connectivity index (χ1v) is 14.4. The van der Waals surface area contributed by atoms with Crippen LogP contribution in [0.1, 0.15) is 78.0 Å². The molecule has 2 aromatic carbocycles. The van der Waals surface area contributed by atoms with Crippen LogP contribution in [0.25, 0.3) is 5.65 Å². The van der Waals surface area contributed by atoms with Crippen molar-refractivity contribution < 1.29 is 45.1 Å². The number of alkyl halides is 6. The van der Waals surface area contributed by atoms with Crippen molar-refractivity contribution in [2.24, 2.45) is 0 Å². The molecule has 47 heavy (non-hydrogen) atoms. The molecule has 4 aromatic rings. The summed E-state index contributed by atoms with van der Waals surface area (Å²) >= 11 is 0.